The van der Waals surface area contributed by atoms with E-state index in [0.29, 0.717) is 33.5 Å². The molecule has 162 valence electrons. The van der Waals surface area contributed by atoms with Crippen molar-refractivity contribution in [1.29, 1.82) is 0 Å². The molecule has 3 aromatic rings. The van der Waals surface area contributed by atoms with Crippen LogP contribution in [0.1, 0.15) is 11.1 Å². The summed E-state index contributed by atoms with van der Waals surface area (Å²) < 4.78 is 21.3. The number of halogens is 1. The van der Waals surface area contributed by atoms with E-state index in [-0.39, 0.29) is 6.61 Å². The molecule has 0 amide bonds. The Labute approximate surface area is 190 Å². The van der Waals surface area contributed by atoms with Crippen molar-refractivity contribution in [1.82, 2.24) is 4.98 Å². The zero-order valence-electron chi connectivity index (χ0n) is 17.6. The number of aromatic nitrogens is 1. The van der Waals surface area contributed by atoms with Gasteiger partial charge in [-0.3, -0.25) is 0 Å². The van der Waals surface area contributed by atoms with Crippen LogP contribution in [-0.2, 0) is 16.1 Å². The zero-order valence-corrected chi connectivity index (χ0v) is 19.2. The number of ether oxygens (including phenoxy) is 4. The van der Waals surface area contributed by atoms with Gasteiger partial charge in [-0.15, -0.1) is 11.8 Å². The Bertz CT molecular complexity index is 1110. The lowest BCUT2D eigenvalue weighted by Gasteiger charge is -2.12. The van der Waals surface area contributed by atoms with Crippen molar-refractivity contribution in [2.24, 2.45) is 0 Å². The first-order valence-corrected chi connectivity index (χ1v) is 10.9. The number of methoxy groups -OCH3 is 3. The van der Waals surface area contributed by atoms with Gasteiger partial charge in [-0.1, -0.05) is 17.7 Å². The lowest BCUT2D eigenvalue weighted by atomic mass is 10.1. The van der Waals surface area contributed by atoms with Crippen LogP contribution in [0.4, 0.5) is 0 Å². The van der Waals surface area contributed by atoms with Gasteiger partial charge >= 0.3 is 5.97 Å². The van der Waals surface area contributed by atoms with E-state index in [1.54, 1.807) is 30.0 Å². The van der Waals surface area contributed by atoms with Crippen molar-refractivity contribution in [2.45, 2.75) is 11.5 Å². The van der Waals surface area contributed by atoms with Gasteiger partial charge in [0.15, 0.2) is 11.5 Å². The fraction of sp³-hybridized carbons (Fsp3) is 0.217. The molecule has 31 heavy (non-hydrogen) atoms. The van der Waals surface area contributed by atoms with Gasteiger partial charge in [0.1, 0.15) is 11.8 Å². The normalized spacial score (nSPS) is 11.0. The molecule has 0 N–H and O–H groups in total. The summed E-state index contributed by atoms with van der Waals surface area (Å²) in [4.78, 5) is 17.7. The third kappa shape index (κ3) is 5.42. The van der Waals surface area contributed by atoms with Gasteiger partial charge in [-0.2, -0.15) is 0 Å². The first-order valence-electron chi connectivity index (χ1n) is 9.27. The minimum atomic E-state index is -0.511. The number of pyridine rings is 1. The molecular weight excluding hydrogens is 438 g/mol. The van der Waals surface area contributed by atoms with Crippen LogP contribution in [0.3, 0.4) is 0 Å². The van der Waals surface area contributed by atoms with Gasteiger partial charge < -0.3 is 18.9 Å². The maximum absolute atomic E-state index is 12.2. The average molecular weight is 460 g/mol. The zero-order chi connectivity index (χ0) is 22.4. The fourth-order valence-corrected chi connectivity index (χ4v) is 3.59. The van der Waals surface area contributed by atoms with Gasteiger partial charge in [-0.25, -0.2) is 9.78 Å². The number of esters is 1. The number of fused-ring (bicyclic) bond motifs is 1. The highest BCUT2D eigenvalue weighted by Crippen LogP contribution is 2.38. The van der Waals surface area contributed by atoms with E-state index in [1.807, 2.05) is 30.5 Å². The van der Waals surface area contributed by atoms with Crippen molar-refractivity contribution < 1.29 is 23.7 Å². The van der Waals surface area contributed by atoms with Crippen LogP contribution in [0.2, 0.25) is 5.15 Å². The Kier molecular flexibility index (Phi) is 7.65. The molecule has 0 unspecified atom stereocenters. The van der Waals surface area contributed by atoms with Crippen molar-refractivity contribution in [3.8, 4) is 17.2 Å². The number of hydrogen-bond acceptors (Lipinski definition) is 7. The number of thioether (sulfide) groups is 1. The molecule has 0 saturated carbocycles. The molecule has 0 spiro atoms. The van der Waals surface area contributed by atoms with Crippen molar-refractivity contribution in [3.05, 3.63) is 58.8 Å². The summed E-state index contributed by atoms with van der Waals surface area (Å²) in [7, 11) is 4.59. The van der Waals surface area contributed by atoms with Crippen LogP contribution in [0.25, 0.3) is 17.0 Å². The monoisotopic (exact) mass is 459 g/mol. The molecule has 0 aliphatic heterocycles. The second kappa shape index (κ2) is 10.4. The number of carbonyl (C=O) groups excluding carboxylic acids is 1. The summed E-state index contributed by atoms with van der Waals surface area (Å²) in [5, 5.41) is 1.24. The molecule has 1 heterocycles. The van der Waals surface area contributed by atoms with Crippen molar-refractivity contribution >= 4 is 46.3 Å². The van der Waals surface area contributed by atoms with Crippen LogP contribution < -0.4 is 14.2 Å². The van der Waals surface area contributed by atoms with E-state index >= 15 is 0 Å². The average Bonchev–Trinajstić information content (AvgIpc) is 2.79. The van der Waals surface area contributed by atoms with E-state index in [4.69, 9.17) is 30.5 Å². The molecule has 0 aliphatic rings. The molecule has 1 aromatic heterocycles. The lowest BCUT2D eigenvalue weighted by molar-refractivity contribution is -0.138. The molecular formula is C23H22ClNO5S. The molecule has 2 aromatic carbocycles. The summed E-state index contributed by atoms with van der Waals surface area (Å²) in [6.07, 6.45) is 4.94. The van der Waals surface area contributed by atoms with Gasteiger partial charge in [0, 0.05) is 21.9 Å². The Morgan fingerprint density at radius 1 is 1.06 bits per heavy atom. The van der Waals surface area contributed by atoms with E-state index in [9.17, 15) is 4.79 Å². The van der Waals surface area contributed by atoms with Gasteiger partial charge in [0.05, 0.1) is 26.8 Å². The summed E-state index contributed by atoms with van der Waals surface area (Å²) in [5.74, 6) is 0.956. The van der Waals surface area contributed by atoms with Gasteiger partial charge in [0.2, 0.25) is 5.75 Å². The summed E-state index contributed by atoms with van der Waals surface area (Å²) in [5.41, 5.74) is 2.14. The molecule has 0 aliphatic carbocycles. The van der Waals surface area contributed by atoms with E-state index in [0.717, 1.165) is 15.8 Å². The van der Waals surface area contributed by atoms with Crippen molar-refractivity contribution in [2.75, 3.05) is 27.6 Å². The number of rotatable bonds is 8. The summed E-state index contributed by atoms with van der Waals surface area (Å²) in [6, 6.07) is 11.3. The molecule has 0 radical (unpaired) electrons. The highest BCUT2D eigenvalue weighted by molar-refractivity contribution is 7.98. The molecule has 0 fully saturated rings. The highest BCUT2D eigenvalue weighted by Gasteiger charge is 2.12. The topological polar surface area (TPSA) is 66.9 Å². The molecule has 0 bridgehead atoms. The van der Waals surface area contributed by atoms with Crippen molar-refractivity contribution in [3.63, 3.8) is 0 Å². The molecule has 3 rings (SSSR count). The quantitative estimate of drug-likeness (QED) is 0.193. The van der Waals surface area contributed by atoms with E-state index in [2.05, 4.69) is 4.98 Å². The number of hydrogen-bond donors (Lipinski definition) is 0. The standard InChI is InChI=1S/C23H22ClNO5S/c1-27-19-9-14(10-20(28-2)22(19)29-3)5-8-21(26)30-13-16-11-15-6-7-17(31-4)12-18(15)25-23(16)24/h5-12H,13H2,1-4H3/b8-5+. The number of nitrogens with zero attached hydrogens (tertiary/aromatic N) is 1. The van der Waals surface area contributed by atoms with E-state index < -0.39 is 5.97 Å². The van der Waals surface area contributed by atoms with Crippen LogP contribution in [0.15, 0.2) is 47.4 Å². The Morgan fingerprint density at radius 2 is 1.77 bits per heavy atom. The molecule has 0 saturated heterocycles. The third-order valence-corrected chi connectivity index (χ3v) is 5.57. The van der Waals surface area contributed by atoms with E-state index in [1.165, 1.54) is 27.4 Å². The first-order chi connectivity index (χ1) is 15.0. The molecule has 6 nitrogen and oxygen atoms in total. The SMILES string of the molecule is COc1cc(/C=C/C(=O)OCc2cc3ccc(SC)cc3nc2Cl)cc(OC)c1OC. The minimum absolute atomic E-state index is 0.0183. The lowest BCUT2D eigenvalue weighted by Crippen LogP contribution is -2.02. The smallest absolute Gasteiger partial charge is 0.331 e. The second-order valence-electron chi connectivity index (χ2n) is 6.40. The van der Waals surface area contributed by atoms with Gasteiger partial charge in [-0.05, 0) is 48.2 Å². The molecule has 8 heteroatoms. The molecule has 0 atom stereocenters. The Hall–Kier alpha value is -2.90. The predicted molar refractivity (Wildman–Crippen MR) is 123 cm³/mol. The predicted octanol–water partition coefficient (Wildman–Crippen LogP) is 5.39. The summed E-state index contributed by atoms with van der Waals surface area (Å²) in [6.45, 7) is 0.0183. The third-order valence-electron chi connectivity index (χ3n) is 4.52. The van der Waals surface area contributed by atoms with Crippen LogP contribution in [0.5, 0.6) is 17.2 Å². The minimum Gasteiger partial charge on any atom is -0.493 e. The second-order valence-corrected chi connectivity index (χ2v) is 7.63. The largest absolute Gasteiger partial charge is 0.493 e. The number of carbonyl (C=O) groups is 1. The van der Waals surface area contributed by atoms with Gasteiger partial charge in [0.25, 0.3) is 0 Å². The van der Waals surface area contributed by atoms with Crippen LogP contribution in [0, 0.1) is 0 Å². The summed E-state index contributed by atoms with van der Waals surface area (Å²) >= 11 is 7.92. The van der Waals surface area contributed by atoms with Crippen LogP contribution in [-0.4, -0.2) is 38.5 Å². The van der Waals surface area contributed by atoms with Crippen LogP contribution >= 0.6 is 23.4 Å². The maximum atomic E-state index is 12.2. The number of benzene rings is 2. The first kappa shape index (κ1) is 22.8. The highest BCUT2D eigenvalue weighted by atomic mass is 35.5. The fourth-order valence-electron chi connectivity index (χ4n) is 2.95. The Balaban J connectivity index is 1.71. The Morgan fingerprint density at radius 3 is 2.39 bits per heavy atom. The maximum Gasteiger partial charge on any atom is 0.331 e.